The van der Waals surface area contributed by atoms with E-state index in [2.05, 4.69) is 13.0 Å². The monoisotopic (exact) mass is 376 g/mol. The molecule has 0 aliphatic carbocycles. The molecule has 1 aliphatic rings. The van der Waals surface area contributed by atoms with Gasteiger partial charge in [0.05, 0.1) is 11.1 Å². The number of likely N-dealkylation sites (tertiary alicyclic amines) is 1. The van der Waals surface area contributed by atoms with Crippen molar-refractivity contribution in [2.45, 2.75) is 25.7 Å². The van der Waals surface area contributed by atoms with Crippen LogP contribution in [0.1, 0.15) is 50.7 Å². The predicted octanol–water partition coefficient (Wildman–Crippen LogP) is 4.20. The third-order valence-corrected chi connectivity index (χ3v) is 5.79. The van der Waals surface area contributed by atoms with Gasteiger partial charge in [0.15, 0.2) is 0 Å². The van der Waals surface area contributed by atoms with Crippen LogP contribution in [0.2, 0.25) is 0 Å². The van der Waals surface area contributed by atoms with E-state index in [9.17, 15) is 14.7 Å². The number of aromatic nitrogens is 1. The van der Waals surface area contributed by atoms with Gasteiger partial charge in [-0.2, -0.15) is 0 Å². The van der Waals surface area contributed by atoms with Crippen LogP contribution in [0.15, 0.2) is 48.5 Å². The number of piperidine rings is 1. The fourth-order valence-electron chi connectivity index (χ4n) is 4.35. The molecule has 0 radical (unpaired) electrons. The molecule has 1 atom stereocenters. The number of nitrogens with zero attached hydrogens (tertiary/aromatic N) is 2. The molecule has 28 heavy (non-hydrogen) atoms. The van der Waals surface area contributed by atoms with Crippen LogP contribution in [0.3, 0.4) is 0 Å². The maximum absolute atomic E-state index is 13.3. The zero-order chi connectivity index (χ0) is 19.8. The summed E-state index contributed by atoms with van der Waals surface area (Å²) in [5.74, 6) is -0.720. The molecule has 0 bridgehead atoms. The highest BCUT2D eigenvalue weighted by Crippen LogP contribution is 2.29. The second-order valence-corrected chi connectivity index (χ2v) is 7.62. The first kappa shape index (κ1) is 18.3. The van der Waals surface area contributed by atoms with Gasteiger partial charge < -0.3 is 14.6 Å². The van der Waals surface area contributed by atoms with Crippen molar-refractivity contribution in [3.63, 3.8) is 0 Å². The molecule has 0 saturated carbocycles. The molecule has 1 saturated heterocycles. The van der Waals surface area contributed by atoms with Crippen LogP contribution in [0.25, 0.3) is 10.9 Å². The molecular formula is C23H24N2O3. The maximum atomic E-state index is 13.3. The minimum absolute atomic E-state index is 0.0391. The van der Waals surface area contributed by atoms with Gasteiger partial charge in [0.2, 0.25) is 0 Å². The summed E-state index contributed by atoms with van der Waals surface area (Å²) in [5, 5.41) is 10.3. The van der Waals surface area contributed by atoms with Gasteiger partial charge >= 0.3 is 5.97 Å². The Balaban J connectivity index is 1.61. The number of carboxylic acids is 1. The Morgan fingerprint density at radius 1 is 1.11 bits per heavy atom. The van der Waals surface area contributed by atoms with Crippen LogP contribution in [-0.2, 0) is 7.05 Å². The van der Waals surface area contributed by atoms with E-state index in [0.29, 0.717) is 17.8 Å². The topological polar surface area (TPSA) is 62.5 Å². The third kappa shape index (κ3) is 3.17. The van der Waals surface area contributed by atoms with Crippen molar-refractivity contribution in [2.24, 2.45) is 7.05 Å². The van der Waals surface area contributed by atoms with Crippen LogP contribution in [0.4, 0.5) is 0 Å². The summed E-state index contributed by atoms with van der Waals surface area (Å²) in [4.78, 5) is 26.4. The van der Waals surface area contributed by atoms with Gasteiger partial charge in [0, 0.05) is 31.4 Å². The smallest absolute Gasteiger partial charge is 0.335 e. The van der Waals surface area contributed by atoms with Gasteiger partial charge in [0.1, 0.15) is 5.69 Å². The van der Waals surface area contributed by atoms with Gasteiger partial charge in [-0.25, -0.2) is 4.79 Å². The van der Waals surface area contributed by atoms with Gasteiger partial charge in [-0.1, -0.05) is 30.3 Å². The minimum Gasteiger partial charge on any atom is -0.478 e. The summed E-state index contributed by atoms with van der Waals surface area (Å²) in [7, 11) is 1.94. The van der Waals surface area contributed by atoms with Gasteiger partial charge in [-0.3, -0.25) is 4.79 Å². The Labute approximate surface area is 164 Å². The number of hydrogen-bond donors (Lipinski definition) is 1. The zero-order valence-corrected chi connectivity index (χ0v) is 16.2. The van der Waals surface area contributed by atoms with E-state index in [1.807, 2.05) is 40.8 Å². The molecule has 144 valence electrons. The van der Waals surface area contributed by atoms with Crippen molar-refractivity contribution in [2.75, 3.05) is 13.1 Å². The Bertz CT molecular complexity index is 1070. The number of aryl methyl sites for hydroxylation is 2. The maximum Gasteiger partial charge on any atom is 0.335 e. The van der Waals surface area contributed by atoms with E-state index in [-0.39, 0.29) is 11.8 Å². The van der Waals surface area contributed by atoms with Crippen molar-refractivity contribution in [3.8, 4) is 0 Å². The number of carbonyl (C=O) groups is 2. The quantitative estimate of drug-likeness (QED) is 0.745. The van der Waals surface area contributed by atoms with Gasteiger partial charge in [-0.05, 0) is 49.1 Å². The lowest BCUT2D eigenvalue weighted by Crippen LogP contribution is -2.39. The molecule has 5 nitrogen and oxygen atoms in total. The van der Waals surface area contributed by atoms with E-state index >= 15 is 0 Å². The van der Waals surface area contributed by atoms with Crippen LogP contribution >= 0.6 is 0 Å². The zero-order valence-electron chi connectivity index (χ0n) is 16.2. The fourth-order valence-corrected chi connectivity index (χ4v) is 4.35. The molecule has 1 fully saturated rings. The first-order valence-corrected chi connectivity index (χ1v) is 9.63. The number of fused-ring (bicyclic) bond motifs is 1. The van der Waals surface area contributed by atoms with E-state index < -0.39 is 5.97 Å². The van der Waals surface area contributed by atoms with E-state index in [0.717, 1.165) is 41.4 Å². The average molecular weight is 376 g/mol. The Morgan fingerprint density at radius 2 is 1.89 bits per heavy atom. The lowest BCUT2D eigenvalue weighted by molar-refractivity contribution is 0.0684. The number of para-hydroxylation sites is 1. The van der Waals surface area contributed by atoms with E-state index in [1.54, 1.807) is 18.2 Å². The SMILES string of the molecule is Cc1cccc2cc(C(=O)N3CCC[C@H](c4cccc(C(=O)O)c4)C3)n(C)c12. The Morgan fingerprint density at radius 3 is 2.64 bits per heavy atom. The van der Waals surface area contributed by atoms with E-state index in [1.165, 1.54) is 0 Å². The summed E-state index contributed by atoms with van der Waals surface area (Å²) in [6.07, 6.45) is 1.87. The number of aromatic carboxylic acids is 1. The first-order chi connectivity index (χ1) is 13.5. The molecule has 1 aliphatic heterocycles. The summed E-state index contributed by atoms with van der Waals surface area (Å²) < 4.78 is 1.99. The number of amides is 1. The number of hydrogen-bond acceptors (Lipinski definition) is 2. The lowest BCUT2D eigenvalue weighted by Gasteiger charge is -2.33. The Kier molecular flexibility index (Phi) is 4.67. The molecule has 1 amide bonds. The molecule has 3 aromatic rings. The van der Waals surface area contributed by atoms with Crippen molar-refractivity contribution in [1.82, 2.24) is 9.47 Å². The predicted molar refractivity (Wildman–Crippen MR) is 109 cm³/mol. The fraction of sp³-hybridized carbons (Fsp3) is 0.304. The second-order valence-electron chi connectivity index (χ2n) is 7.62. The summed E-state index contributed by atoms with van der Waals surface area (Å²) in [6, 6.07) is 15.2. The molecule has 0 unspecified atom stereocenters. The number of benzene rings is 2. The average Bonchev–Trinajstić information content (AvgIpc) is 3.05. The molecule has 2 heterocycles. The largest absolute Gasteiger partial charge is 0.478 e. The molecule has 0 spiro atoms. The second kappa shape index (κ2) is 7.15. The highest BCUT2D eigenvalue weighted by Gasteiger charge is 2.27. The third-order valence-electron chi connectivity index (χ3n) is 5.79. The van der Waals surface area contributed by atoms with Crippen LogP contribution < -0.4 is 0 Å². The van der Waals surface area contributed by atoms with Crippen molar-refractivity contribution < 1.29 is 14.7 Å². The van der Waals surface area contributed by atoms with Gasteiger partial charge in [-0.15, -0.1) is 0 Å². The minimum atomic E-state index is -0.920. The van der Waals surface area contributed by atoms with Crippen molar-refractivity contribution >= 4 is 22.8 Å². The molecule has 1 aromatic heterocycles. The first-order valence-electron chi connectivity index (χ1n) is 9.63. The van der Waals surface area contributed by atoms with Crippen molar-refractivity contribution in [3.05, 3.63) is 70.9 Å². The molecule has 2 aromatic carbocycles. The summed E-state index contributed by atoms with van der Waals surface area (Å²) >= 11 is 0. The van der Waals surface area contributed by atoms with Gasteiger partial charge in [0.25, 0.3) is 5.91 Å². The standard InChI is InChI=1S/C23H24N2O3/c1-15-6-3-8-17-13-20(24(2)21(15)17)22(26)25-11-5-10-19(14-25)16-7-4-9-18(12-16)23(27)28/h3-4,6-9,12-13,19H,5,10-11,14H2,1-2H3,(H,27,28)/t19-/m0/s1. The highest BCUT2D eigenvalue weighted by atomic mass is 16.4. The summed E-state index contributed by atoms with van der Waals surface area (Å²) in [5.41, 5.74) is 4.23. The van der Waals surface area contributed by atoms with E-state index in [4.69, 9.17) is 0 Å². The Hall–Kier alpha value is -3.08. The molecular weight excluding hydrogens is 352 g/mol. The molecule has 5 heteroatoms. The number of carboxylic acid groups (broad SMARTS) is 1. The number of carbonyl (C=O) groups excluding carboxylic acids is 1. The van der Waals surface area contributed by atoms with Crippen molar-refractivity contribution in [1.29, 1.82) is 0 Å². The highest BCUT2D eigenvalue weighted by molar-refractivity contribution is 5.99. The molecule has 1 N–H and O–H groups in total. The molecule has 4 rings (SSSR count). The number of rotatable bonds is 3. The van der Waals surface area contributed by atoms with Crippen LogP contribution in [0, 0.1) is 6.92 Å². The lowest BCUT2D eigenvalue weighted by atomic mass is 9.89. The van der Waals surface area contributed by atoms with Crippen LogP contribution in [0.5, 0.6) is 0 Å². The normalized spacial score (nSPS) is 17.1. The summed E-state index contributed by atoms with van der Waals surface area (Å²) in [6.45, 7) is 3.40. The van der Waals surface area contributed by atoms with Crippen LogP contribution in [-0.4, -0.2) is 39.5 Å².